The van der Waals surface area contributed by atoms with E-state index in [9.17, 15) is 0 Å². The summed E-state index contributed by atoms with van der Waals surface area (Å²) in [6.07, 6.45) is 5.96. The molecule has 0 saturated heterocycles. The molecule has 19 heavy (non-hydrogen) atoms. The van der Waals surface area contributed by atoms with E-state index >= 15 is 0 Å². The van der Waals surface area contributed by atoms with Gasteiger partial charge in [0.2, 0.25) is 0 Å². The predicted molar refractivity (Wildman–Crippen MR) is 83.4 cm³/mol. The van der Waals surface area contributed by atoms with E-state index in [-0.39, 0.29) is 0 Å². The molecule has 0 aliphatic carbocycles. The summed E-state index contributed by atoms with van der Waals surface area (Å²) in [6, 6.07) is 2.25. The van der Waals surface area contributed by atoms with Crippen molar-refractivity contribution in [3.8, 4) is 0 Å². The number of hydrogen-bond donors (Lipinski definition) is 1. The van der Waals surface area contributed by atoms with Crippen LogP contribution in [0.5, 0.6) is 0 Å². The third-order valence-electron chi connectivity index (χ3n) is 3.49. The van der Waals surface area contributed by atoms with Crippen LogP contribution in [0.4, 0.5) is 0 Å². The number of pyridine rings is 1. The molecule has 0 aromatic carbocycles. The molecule has 104 valence electrons. The molecule has 1 aromatic heterocycles. The Kier molecular flexibility index (Phi) is 5.81. The lowest BCUT2D eigenvalue weighted by atomic mass is 9.90. The van der Waals surface area contributed by atoms with E-state index in [1.54, 1.807) is 0 Å². The first kappa shape index (κ1) is 15.5. The van der Waals surface area contributed by atoms with Gasteiger partial charge in [-0.15, -0.1) is 6.58 Å². The molecule has 1 aromatic rings. The molecule has 0 aliphatic heterocycles. The Hall–Kier alpha value is -1.57. The number of aryl methyl sites for hydroxylation is 1. The lowest BCUT2D eigenvalue weighted by Crippen LogP contribution is -2.14. The van der Waals surface area contributed by atoms with Gasteiger partial charge in [0.15, 0.2) is 0 Å². The zero-order valence-electron chi connectivity index (χ0n) is 12.7. The molecule has 1 atom stereocenters. The van der Waals surface area contributed by atoms with Gasteiger partial charge in [-0.05, 0) is 36.8 Å². The Morgan fingerprint density at radius 1 is 1.47 bits per heavy atom. The second-order valence-electron chi connectivity index (χ2n) is 5.32. The molecule has 0 radical (unpaired) electrons. The maximum absolute atomic E-state index is 4.63. The van der Waals surface area contributed by atoms with Gasteiger partial charge >= 0.3 is 0 Å². The molecule has 1 rings (SSSR count). The number of rotatable bonds is 7. The van der Waals surface area contributed by atoms with E-state index in [1.165, 1.54) is 16.8 Å². The van der Waals surface area contributed by atoms with Crippen molar-refractivity contribution in [1.29, 1.82) is 0 Å². The Morgan fingerprint density at radius 2 is 2.16 bits per heavy atom. The van der Waals surface area contributed by atoms with Crippen LogP contribution in [0.2, 0.25) is 0 Å². The monoisotopic (exact) mass is 258 g/mol. The first-order valence-corrected chi connectivity index (χ1v) is 6.95. The Morgan fingerprint density at radius 3 is 2.63 bits per heavy atom. The molecule has 2 heteroatoms. The van der Waals surface area contributed by atoms with Crippen LogP contribution in [0, 0.1) is 6.92 Å². The minimum Gasteiger partial charge on any atom is -0.391 e. The van der Waals surface area contributed by atoms with Crippen LogP contribution in [-0.2, 0) is 0 Å². The Labute approximate surface area is 117 Å². The zero-order chi connectivity index (χ0) is 14.4. The number of nitrogens with one attached hydrogen (secondary N) is 1. The molecule has 1 heterocycles. The van der Waals surface area contributed by atoms with Crippen LogP contribution in [0.1, 0.15) is 55.3 Å². The molecule has 0 amide bonds. The highest BCUT2D eigenvalue weighted by Crippen LogP contribution is 2.28. The van der Waals surface area contributed by atoms with Gasteiger partial charge < -0.3 is 5.32 Å². The van der Waals surface area contributed by atoms with E-state index < -0.39 is 0 Å². The zero-order valence-corrected chi connectivity index (χ0v) is 12.7. The van der Waals surface area contributed by atoms with E-state index in [2.05, 4.69) is 50.3 Å². The van der Waals surface area contributed by atoms with Gasteiger partial charge in [-0.3, -0.25) is 4.98 Å². The van der Waals surface area contributed by atoms with Crippen molar-refractivity contribution in [3.63, 3.8) is 0 Å². The standard InChI is InChI=1S/C17H26N2/c1-7-8-9-16(14(5)18-6)15-10-13(4)17(12(2)3)19-11-15/h7,10-12,16,18H,1,5,8-9H2,2-4,6H3. The van der Waals surface area contributed by atoms with Gasteiger partial charge in [0.1, 0.15) is 0 Å². The highest BCUT2D eigenvalue weighted by molar-refractivity contribution is 5.32. The molecular weight excluding hydrogens is 232 g/mol. The summed E-state index contributed by atoms with van der Waals surface area (Å²) in [7, 11) is 1.92. The second kappa shape index (κ2) is 7.13. The third kappa shape index (κ3) is 3.95. The molecule has 0 aliphatic rings. The number of likely N-dealkylation sites (N-methyl/N-ethyl adjacent to an activating group) is 1. The van der Waals surface area contributed by atoms with Crippen molar-refractivity contribution in [1.82, 2.24) is 10.3 Å². The summed E-state index contributed by atoms with van der Waals surface area (Å²) in [4.78, 5) is 4.63. The first-order chi connectivity index (χ1) is 9.01. The molecular formula is C17H26N2. The summed E-state index contributed by atoms with van der Waals surface area (Å²) in [5, 5.41) is 3.17. The number of allylic oxidation sites excluding steroid dienone is 2. The highest BCUT2D eigenvalue weighted by Gasteiger charge is 2.16. The lowest BCUT2D eigenvalue weighted by Gasteiger charge is -2.20. The molecule has 0 spiro atoms. The lowest BCUT2D eigenvalue weighted by molar-refractivity contribution is 0.668. The molecule has 0 bridgehead atoms. The molecule has 2 nitrogen and oxygen atoms in total. The molecule has 0 fully saturated rings. The number of hydrogen-bond acceptors (Lipinski definition) is 2. The highest BCUT2D eigenvalue weighted by atomic mass is 14.8. The molecule has 1 N–H and O–H groups in total. The van der Waals surface area contributed by atoms with Crippen LogP contribution in [0.25, 0.3) is 0 Å². The summed E-state index contributed by atoms with van der Waals surface area (Å²) >= 11 is 0. The SMILES string of the molecule is C=CCCC(C(=C)NC)c1cnc(C(C)C)c(C)c1. The average molecular weight is 258 g/mol. The Bertz CT molecular complexity index is 447. The smallest absolute Gasteiger partial charge is 0.0458 e. The number of nitrogens with zero attached hydrogens (tertiary/aromatic N) is 1. The minimum absolute atomic E-state index is 0.301. The van der Waals surface area contributed by atoms with Crippen molar-refractivity contribution in [2.24, 2.45) is 0 Å². The third-order valence-corrected chi connectivity index (χ3v) is 3.49. The quantitative estimate of drug-likeness (QED) is 0.738. The van der Waals surface area contributed by atoms with Crippen molar-refractivity contribution < 1.29 is 0 Å². The first-order valence-electron chi connectivity index (χ1n) is 6.95. The van der Waals surface area contributed by atoms with Crippen LogP contribution in [-0.4, -0.2) is 12.0 Å². The fourth-order valence-electron chi connectivity index (χ4n) is 2.40. The molecule has 1 unspecified atom stereocenters. The van der Waals surface area contributed by atoms with Gasteiger partial charge in [0.05, 0.1) is 0 Å². The fraction of sp³-hybridized carbons (Fsp3) is 0.471. The Balaban J connectivity index is 3.05. The number of aromatic nitrogens is 1. The fourth-order valence-corrected chi connectivity index (χ4v) is 2.40. The topological polar surface area (TPSA) is 24.9 Å². The van der Waals surface area contributed by atoms with Crippen LogP contribution < -0.4 is 5.32 Å². The van der Waals surface area contributed by atoms with E-state index in [1.807, 2.05) is 19.3 Å². The van der Waals surface area contributed by atoms with Gasteiger partial charge in [-0.2, -0.15) is 0 Å². The average Bonchev–Trinajstić information content (AvgIpc) is 2.38. The van der Waals surface area contributed by atoms with Crippen molar-refractivity contribution in [2.75, 3.05) is 7.05 Å². The van der Waals surface area contributed by atoms with E-state index in [4.69, 9.17) is 0 Å². The van der Waals surface area contributed by atoms with Crippen LogP contribution in [0.15, 0.2) is 37.2 Å². The maximum atomic E-state index is 4.63. The minimum atomic E-state index is 0.301. The summed E-state index contributed by atoms with van der Waals surface area (Å²) in [5.74, 6) is 0.767. The maximum Gasteiger partial charge on any atom is 0.0458 e. The van der Waals surface area contributed by atoms with Crippen molar-refractivity contribution in [2.45, 2.75) is 45.4 Å². The van der Waals surface area contributed by atoms with Crippen molar-refractivity contribution in [3.05, 3.63) is 54.0 Å². The van der Waals surface area contributed by atoms with Crippen LogP contribution >= 0.6 is 0 Å². The van der Waals surface area contributed by atoms with Gasteiger partial charge in [0.25, 0.3) is 0 Å². The second-order valence-corrected chi connectivity index (χ2v) is 5.32. The largest absolute Gasteiger partial charge is 0.391 e. The predicted octanol–water partition coefficient (Wildman–Crippen LogP) is 4.30. The summed E-state index contributed by atoms with van der Waals surface area (Å²) < 4.78 is 0. The summed E-state index contributed by atoms with van der Waals surface area (Å²) in [5.41, 5.74) is 4.73. The van der Waals surface area contributed by atoms with Crippen LogP contribution in [0.3, 0.4) is 0 Å². The normalized spacial score (nSPS) is 12.3. The van der Waals surface area contributed by atoms with Gasteiger partial charge in [0, 0.05) is 30.6 Å². The van der Waals surface area contributed by atoms with Gasteiger partial charge in [-0.1, -0.05) is 32.6 Å². The van der Waals surface area contributed by atoms with Gasteiger partial charge in [-0.25, -0.2) is 0 Å². The van der Waals surface area contributed by atoms with E-state index in [0.717, 1.165) is 18.5 Å². The summed E-state index contributed by atoms with van der Waals surface area (Å²) in [6.45, 7) is 14.4. The van der Waals surface area contributed by atoms with E-state index in [0.29, 0.717) is 11.8 Å². The van der Waals surface area contributed by atoms with Crippen molar-refractivity contribution >= 4 is 0 Å². The molecule has 0 saturated carbocycles.